The molecule has 2 rings (SSSR count). The van der Waals surface area contributed by atoms with Gasteiger partial charge in [0.1, 0.15) is 0 Å². The SMILES string of the molecule is CC1CCC(c2noc(CC(O)C(C)C)n2)CC1. The van der Waals surface area contributed by atoms with Crippen molar-refractivity contribution in [3.8, 4) is 0 Å². The zero-order chi connectivity index (χ0) is 13.1. The molecule has 0 radical (unpaired) electrons. The molecular formula is C14H24N2O2. The zero-order valence-corrected chi connectivity index (χ0v) is 11.6. The Hall–Kier alpha value is -0.900. The maximum atomic E-state index is 9.81. The molecule has 1 aliphatic carbocycles. The lowest BCUT2D eigenvalue weighted by Crippen LogP contribution is -2.18. The molecule has 0 spiro atoms. The largest absolute Gasteiger partial charge is 0.392 e. The zero-order valence-electron chi connectivity index (χ0n) is 11.6. The quantitative estimate of drug-likeness (QED) is 0.895. The second-order valence-corrected chi connectivity index (χ2v) is 6.02. The lowest BCUT2D eigenvalue weighted by molar-refractivity contribution is 0.116. The van der Waals surface area contributed by atoms with Crippen LogP contribution >= 0.6 is 0 Å². The van der Waals surface area contributed by atoms with Crippen LogP contribution in [0.15, 0.2) is 4.52 Å². The van der Waals surface area contributed by atoms with E-state index in [-0.39, 0.29) is 5.92 Å². The summed E-state index contributed by atoms with van der Waals surface area (Å²) in [6, 6.07) is 0. The third-order valence-electron chi connectivity index (χ3n) is 4.02. The van der Waals surface area contributed by atoms with E-state index < -0.39 is 6.10 Å². The van der Waals surface area contributed by atoms with Crippen molar-refractivity contribution in [2.45, 2.75) is 64.9 Å². The van der Waals surface area contributed by atoms with Crippen LogP contribution in [0.3, 0.4) is 0 Å². The molecule has 18 heavy (non-hydrogen) atoms. The number of nitrogens with zero attached hydrogens (tertiary/aromatic N) is 2. The second kappa shape index (κ2) is 5.83. The molecule has 1 atom stereocenters. The highest BCUT2D eigenvalue weighted by molar-refractivity contribution is 4.98. The first-order valence-corrected chi connectivity index (χ1v) is 7.06. The Morgan fingerprint density at radius 2 is 1.94 bits per heavy atom. The summed E-state index contributed by atoms with van der Waals surface area (Å²) in [5, 5.41) is 13.9. The Morgan fingerprint density at radius 3 is 2.56 bits per heavy atom. The number of aliphatic hydroxyl groups is 1. The molecule has 0 bridgehead atoms. The second-order valence-electron chi connectivity index (χ2n) is 6.02. The van der Waals surface area contributed by atoms with E-state index in [9.17, 15) is 5.11 Å². The van der Waals surface area contributed by atoms with Gasteiger partial charge < -0.3 is 9.63 Å². The first kappa shape index (κ1) is 13.5. The minimum absolute atomic E-state index is 0.218. The van der Waals surface area contributed by atoms with Crippen LogP contribution in [0.2, 0.25) is 0 Å². The molecule has 1 unspecified atom stereocenters. The van der Waals surface area contributed by atoms with E-state index in [1.165, 1.54) is 12.8 Å². The van der Waals surface area contributed by atoms with Crippen molar-refractivity contribution in [2.24, 2.45) is 11.8 Å². The molecule has 0 aromatic carbocycles. The van der Waals surface area contributed by atoms with Crippen LogP contribution in [-0.2, 0) is 6.42 Å². The Balaban J connectivity index is 1.93. The highest BCUT2D eigenvalue weighted by Crippen LogP contribution is 2.34. The average molecular weight is 252 g/mol. The molecule has 1 saturated carbocycles. The van der Waals surface area contributed by atoms with Gasteiger partial charge in [0.05, 0.1) is 12.5 Å². The van der Waals surface area contributed by atoms with Gasteiger partial charge in [-0.25, -0.2) is 0 Å². The van der Waals surface area contributed by atoms with Gasteiger partial charge in [-0.3, -0.25) is 0 Å². The van der Waals surface area contributed by atoms with Crippen LogP contribution in [0.25, 0.3) is 0 Å². The third kappa shape index (κ3) is 3.31. The summed E-state index contributed by atoms with van der Waals surface area (Å²) >= 11 is 0. The van der Waals surface area contributed by atoms with E-state index in [4.69, 9.17) is 4.52 Å². The number of hydrogen-bond donors (Lipinski definition) is 1. The van der Waals surface area contributed by atoms with Crippen LogP contribution < -0.4 is 0 Å². The van der Waals surface area contributed by atoms with E-state index in [2.05, 4.69) is 17.1 Å². The molecule has 0 aliphatic heterocycles. The lowest BCUT2D eigenvalue weighted by Gasteiger charge is -2.23. The first-order valence-electron chi connectivity index (χ1n) is 7.06. The molecule has 0 saturated heterocycles. The molecule has 4 nitrogen and oxygen atoms in total. The fourth-order valence-electron chi connectivity index (χ4n) is 2.45. The van der Waals surface area contributed by atoms with Gasteiger partial charge in [0.25, 0.3) is 0 Å². The number of hydrogen-bond acceptors (Lipinski definition) is 4. The van der Waals surface area contributed by atoms with Crippen molar-refractivity contribution in [3.63, 3.8) is 0 Å². The van der Waals surface area contributed by atoms with E-state index in [1.807, 2.05) is 13.8 Å². The normalized spacial score (nSPS) is 26.5. The van der Waals surface area contributed by atoms with Crippen LogP contribution in [0.5, 0.6) is 0 Å². The van der Waals surface area contributed by atoms with Gasteiger partial charge in [0.2, 0.25) is 5.89 Å². The Morgan fingerprint density at radius 1 is 1.28 bits per heavy atom. The number of rotatable bonds is 4. The minimum atomic E-state index is -0.398. The van der Waals surface area contributed by atoms with Gasteiger partial charge in [0, 0.05) is 5.92 Å². The van der Waals surface area contributed by atoms with Gasteiger partial charge in [0.15, 0.2) is 5.82 Å². The molecule has 1 aromatic heterocycles. The van der Waals surface area contributed by atoms with Crippen molar-refractivity contribution >= 4 is 0 Å². The van der Waals surface area contributed by atoms with E-state index in [0.29, 0.717) is 18.2 Å². The Labute approximate surface area is 109 Å². The van der Waals surface area contributed by atoms with Gasteiger partial charge in [-0.05, 0) is 24.7 Å². The molecule has 0 amide bonds. The highest BCUT2D eigenvalue weighted by Gasteiger charge is 2.24. The third-order valence-corrected chi connectivity index (χ3v) is 4.02. The molecule has 1 heterocycles. The molecule has 102 valence electrons. The monoisotopic (exact) mass is 252 g/mol. The topological polar surface area (TPSA) is 59.2 Å². The first-order chi connectivity index (χ1) is 8.56. The van der Waals surface area contributed by atoms with Crippen LogP contribution in [-0.4, -0.2) is 21.4 Å². The number of aliphatic hydroxyl groups excluding tert-OH is 1. The summed E-state index contributed by atoms with van der Waals surface area (Å²) in [5.74, 6) is 2.92. The van der Waals surface area contributed by atoms with Gasteiger partial charge in [-0.2, -0.15) is 4.98 Å². The predicted octanol–water partition coefficient (Wildman–Crippen LogP) is 2.92. The molecular weight excluding hydrogens is 228 g/mol. The summed E-state index contributed by atoms with van der Waals surface area (Å²) in [6.07, 6.45) is 4.89. The maximum Gasteiger partial charge on any atom is 0.229 e. The Bertz CT molecular complexity index is 368. The van der Waals surface area contributed by atoms with Gasteiger partial charge in [-0.15, -0.1) is 0 Å². The summed E-state index contributed by atoms with van der Waals surface area (Å²) in [7, 11) is 0. The van der Waals surface area contributed by atoms with Gasteiger partial charge in [-0.1, -0.05) is 38.8 Å². The van der Waals surface area contributed by atoms with Crippen molar-refractivity contribution in [3.05, 3.63) is 11.7 Å². The molecule has 1 aromatic rings. The summed E-state index contributed by atoms with van der Waals surface area (Å²) < 4.78 is 5.24. The molecule has 4 heteroatoms. The number of aromatic nitrogens is 2. The van der Waals surface area contributed by atoms with E-state index in [1.54, 1.807) is 0 Å². The van der Waals surface area contributed by atoms with Crippen molar-refractivity contribution in [1.29, 1.82) is 0 Å². The molecule has 1 aliphatic rings. The standard InChI is InChI=1S/C14H24N2O2/c1-9(2)12(17)8-13-15-14(16-18-13)11-6-4-10(3)5-7-11/h9-12,17H,4-8H2,1-3H3. The molecule has 1 N–H and O–H groups in total. The summed E-state index contributed by atoms with van der Waals surface area (Å²) in [5.41, 5.74) is 0. The van der Waals surface area contributed by atoms with Crippen LogP contribution in [0.1, 0.15) is 64.1 Å². The van der Waals surface area contributed by atoms with E-state index in [0.717, 1.165) is 24.6 Å². The van der Waals surface area contributed by atoms with Crippen molar-refractivity contribution < 1.29 is 9.63 Å². The summed E-state index contributed by atoms with van der Waals surface area (Å²) in [6.45, 7) is 6.28. The van der Waals surface area contributed by atoms with Crippen LogP contribution in [0.4, 0.5) is 0 Å². The van der Waals surface area contributed by atoms with Crippen LogP contribution in [0, 0.1) is 11.8 Å². The van der Waals surface area contributed by atoms with E-state index >= 15 is 0 Å². The predicted molar refractivity (Wildman–Crippen MR) is 69.2 cm³/mol. The Kier molecular flexibility index (Phi) is 4.38. The van der Waals surface area contributed by atoms with Gasteiger partial charge >= 0.3 is 0 Å². The molecule has 1 fully saturated rings. The smallest absolute Gasteiger partial charge is 0.229 e. The van der Waals surface area contributed by atoms with Crippen molar-refractivity contribution in [2.75, 3.05) is 0 Å². The maximum absolute atomic E-state index is 9.81. The lowest BCUT2D eigenvalue weighted by atomic mass is 9.83. The fraction of sp³-hybridized carbons (Fsp3) is 0.857. The highest BCUT2D eigenvalue weighted by atomic mass is 16.5. The fourth-order valence-corrected chi connectivity index (χ4v) is 2.45. The average Bonchev–Trinajstić information content (AvgIpc) is 2.78. The summed E-state index contributed by atoms with van der Waals surface area (Å²) in [4.78, 5) is 4.44. The van der Waals surface area contributed by atoms with Crippen molar-refractivity contribution in [1.82, 2.24) is 10.1 Å². The minimum Gasteiger partial charge on any atom is -0.392 e.